The molecule has 7 heteroatoms. The van der Waals surface area contributed by atoms with Gasteiger partial charge in [0.25, 0.3) is 0 Å². The third-order valence-electron chi connectivity index (χ3n) is 4.68. The third kappa shape index (κ3) is 5.08. The smallest absolute Gasteiger partial charge is 0.238 e. The van der Waals surface area contributed by atoms with Gasteiger partial charge in [0.05, 0.1) is 13.5 Å². The summed E-state index contributed by atoms with van der Waals surface area (Å²) in [6.45, 7) is 1.96. The molecule has 1 amide bonds. The van der Waals surface area contributed by atoms with E-state index in [4.69, 9.17) is 9.47 Å². The van der Waals surface area contributed by atoms with Crippen LogP contribution in [0.15, 0.2) is 79.1 Å². The predicted octanol–water partition coefficient (Wildman–Crippen LogP) is 4.56. The lowest BCUT2D eigenvalue weighted by atomic mass is 10.1. The SMILES string of the molecule is COc1ccc(CC(=O)Nc2ccc(Oc3ccc(-n4cccc4)nn3)cc2)cc1C. The highest BCUT2D eigenvalue weighted by Gasteiger charge is 2.07. The van der Waals surface area contributed by atoms with Crippen molar-refractivity contribution in [1.29, 1.82) is 0 Å². The maximum absolute atomic E-state index is 12.4. The number of carbonyl (C=O) groups excluding carboxylic acids is 1. The molecule has 0 unspecified atom stereocenters. The summed E-state index contributed by atoms with van der Waals surface area (Å²) in [6, 6.07) is 20.3. The van der Waals surface area contributed by atoms with E-state index >= 15 is 0 Å². The number of amides is 1. The molecule has 31 heavy (non-hydrogen) atoms. The number of hydrogen-bond acceptors (Lipinski definition) is 5. The molecule has 2 aromatic carbocycles. The van der Waals surface area contributed by atoms with E-state index in [2.05, 4.69) is 15.5 Å². The van der Waals surface area contributed by atoms with Gasteiger partial charge >= 0.3 is 0 Å². The van der Waals surface area contributed by atoms with Crippen LogP contribution in [0, 0.1) is 6.92 Å². The molecule has 0 saturated heterocycles. The van der Waals surface area contributed by atoms with Crippen molar-refractivity contribution in [2.75, 3.05) is 12.4 Å². The molecule has 0 aliphatic rings. The summed E-state index contributed by atoms with van der Waals surface area (Å²) in [7, 11) is 1.63. The lowest BCUT2D eigenvalue weighted by molar-refractivity contribution is -0.115. The van der Waals surface area contributed by atoms with Crippen LogP contribution < -0.4 is 14.8 Å². The molecule has 0 fully saturated rings. The molecule has 2 aromatic heterocycles. The Kier molecular flexibility index (Phi) is 5.93. The Balaban J connectivity index is 1.33. The standard InChI is InChI=1S/C24H22N4O3/c1-17-15-18(5-10-21(17)30-2)16-23(29)25-19-6-8-20(9-7-19)31-24-12-11-22(26-27-24)28-13-3-4-14-28/h3-15H,16H2,1-2H3,(H,25,29). The molecule has 0 atom stereocenters. The molecule has 0 spiro atoms. The third-order valence-corrected chi connectivity index (χ3v) is 4.68. The summed E-state index contributed by atoms with van der Waals surface area (Å²) >= 11 is 0. The molecule has 7 nitrogen and oxygen atoms in total. The van der Waals surface area contributed by atoms with Crippen LogP contribution in [0.3, 0.4) is 0 Å². The first-order valence-electron chi connectivity index (χ1n) is 9.79. The average Bonchev–Trinajstić information content (AvgIpc) is 3.31. The van der Waals surface area contributed by atoms with E-state index in [1.165, 1.54) is 0 Å². The quantitative estimate of drug-likeness (QED) is 0.480. The van der Waals surface area contributed by atoms with Crippen molar-refractivity contribution in [3.8, 4) is 23.2 Å². The van der Waals surface area contributed by atoms with E-state index in [0.717, 1.165) is 16.9 Å². The summed E-state index contributed by atoms with van der Waals surface area (Å²) in [5.41, 5.74) is 2.62. The molecule has 0 aliphatic heterocycles. The Labute approximate surface area is 180 Å². The van der Waals surface area contributed by atoms with Gasteiger partial charge < -0.3 is 19.4 Å². The van der Waals surface area contributed by atoms with Gasteiger partial charge in [0.2, 0.25) is 11.8 Å². The van der Waals surface area contributed by atoms with Gasteiger partial charge in [-0.05, 0) is 66.6 Å². The van der Waals surface area contributed by atoms with Crippen LogP contribution in [0.2, 0.25) is 0 Å². The fourth-order valence-corrected chi connectivity index (χ4v) is 3.16. The van der Waals surface area contributed by atoms with E-state index in [1.54, 1.807) is 37.4 Å². The Morgan fingerprint density at radius 3 is 2.42 bits per heavy atom. The predicted molar refractivity (Wildman–Crippen MR) is 118 cm³/mol. The van der Waals surface area contributed by atoms with Gasteiger partial charge in [-0.1, -0.05) is 12.1 Å². The normalized spacial score (nSPS) is 10.5. The van der Waals surface area contributed by atoms with Crippen molar-refractivity contribution in [3.05, 3.63) is 90.3 Å². The van der Waals surface area contributed by atoms with Crippen LogP contribution in [0.1, 0.15) is 11.1 Å². The Bertz CT molecular complexity index is 1150. The van der Waals surface area contributed by atoms with Crippen molar-refractivity contribution >= 4 is 11.6 Å². The summed E-state index contributed by atoms with van der Waals surface area (Å²) in [5, 5.41) is 11.1. The molecule has 0 bridgehead atoms. The number of aryl methyl sites for hydroxylation is 1. The minimum absolute atomic E-state index is 0.0929. The van der Waals surface area contributed by atoms with Gasteiger partial charge in [-0.15, -0.1) is 10.2 Å². The van der Waals surface area contributed by atoms with Crippen LogP contribution in [0.5, 0.6) is 17.4 Å². The van der Waals surface area contributed by atoms with Crippen LogP contribution >= 0.6 is 0 Å². The summed E-state index contributed by atoms with van der Waals surface area (Å²) < 4.78 is 12.9. The average molecular weight is 414 g/mol. The number of aromatic nitrogens is 3. The van der Waals surface area contributed by atoms with E-state index in [0.29, 0.717) is 23.1 Å². The van der Waals surface area contributed by atoms with Crippen molar-refractivity contribution in [3.63, 3.8) is 0 Å². The number of ether oxygens (including phenoxy) is 2. The maximum Gasteiger partial charge on any atom is 0.238 e. The zero-order valence-electron chi connectivity index (χ0n) is 17.3. The second-order valence-electron chi connectivity index (χ2n) is 6.98. The number of hydrogen-bond donors (Lipinski definition) is 1. The topological polar surface area (TPSA) is 78.3 Å². The minimum atomic E-state index is -0.0929. The second kappa shape index (κ2) is 9.13. The van der Waals surface area contributed by atoms with Crippen LogP contribution in [-0.2, 0) is 11.2 Å². The Morgan fingerprint density at radius 2 is 1.77 bits per heavy atom. The molecule has 156 valence electrons. The van der Waals surface area contributed by atoms with Gasteiger partial charge in [-0.25, -0.2) is 0 Å². The monoisotopic (exact) mass is 414 g/mol. The van der Waals surface area contributed by atoms with Gasteiger partial charge in [0.1, 0.15) is 11.5 Å². The first kappa shape index (κ1) is 20.2. The summed E-state index contributed by atoms with van der Waals surface area (Å²) in [4.78, 5) is 12.4. The lowest BCUT2D eigenvalue weighted by Gasteiger charge is -2.09. The molecule has 0 saturated carbocycles. The number of carbonyl (C=O) groups is 1. The molecular formula is C24H22N4O3. The van der Waals surface area contributed by atoms with Crippen LogP contribution in [0.4, 0.5) is 5.69 Å². The second-order valence-corrected chi connectivity index (χ2v) is 6.98. The number of nitrogens with zero attached hydrogens (tertiary/aromatic N) is 3. The van der Waals surface area contributed by atoms with Crippen molar-refractivity contribution in [2.45, 2.75) is 13.3 Å². The molecule has 4 aromatic rings. The number of nitrogens with one attached hydrogen (secondary N) is 1. The summed E-state index contributed by atoms with van der Waals surface area (Å²) in [6.07, 6.45) is 4.08. The molecule has 4 rings (SSSR count). The van der Waals surface area contributed by atoms with Crippen molar-refractivity contribution < 1.29 is 14.3 Å². The first-order valence-corrected chi connectivity index (χ1v) is 9.79. The largest absolute Gasteiger partial charge is 0.496 e. The van der Waals surface area contributed by atoms with Gasteiger partial charge in [-0.2, -0.15) is 0 Å². The summed E-state index contributed by atoms with van der Waals surface area (Å²) in [5.74, 6) is 2.42. The number of anilines is 1. The van der Waals surface area contributed by atoms with Crippen molar-refractivity contribution in [1.82, 2.24) is 14.8 Å². The number of rotatable bonds is 7. The molecule has 0 radical (unpaired) electrons. The fourth-order valence-electron chi connectivity index (χ4n) is 3.16. The molecular weight excluding hydrogens is 392 g/mol. The van der Waals surface area contributed by atoms with E-state index in [1.807, 2.05) is 60.3 Å². The zero-order valence-corrected chi connectivity index (χ0v) is 17.3. The van der Waals surface area contributed by atoms with Crippen molar-refractivity contribution in [2.24, 2.45) is 0 Å². The highest BCUT2D eigenvalue weighted by atomic mass is 16.5. The van der Waals surface area contributed by atoms with Crippen LogP contribution in [0.25, 0.3) is 5.82 Å². The maximum atomic E-state index is 12.4. The fraction of sp³-hybridized carbons (Fsp3) is 0.125. The molecule has 1 N–H and O–H groups in total. The molecule has 2 heterocycles. The molecule has 0 aliphatic carbocycles. The highest BCUT2D eigenvalue weighted by Crippen LogP contribution is 2.22. The van der Waals surface area contributed by atoms with E-state index < -0.39 is 0 Å². The number of methoxy groups -OCH3 is 1. The highest BCUT2D eigenvalue weighted by molar-refractivity contribution is 5.92. The van der Waals surface area contributed by atoms with Gasteiger partial charge in [0.15, 0.2) is 5.82 Å². The lowest BCUT2D eigenvalue weighted by Crippen LogP contribution is -2.14. The van der Waals surface area contributed by atoms with Gasteiger partial charge in [-0.3, -0.25) is 4.79 Å². The zero-order chi connectivity index (χ0) is 21.6. The Hall–Kier alpha value is -4.13. The Morgan fingerprint density at radius 1 is 1.00 bits per heavy atom. The minimum Gasteiger partial charge on any atom is -0.496 e. The van der Waals surface area contributed by atoms with E-state index in [9.17, 15) is 4.79 Å². The first-order chi connectivity index (χ1) is 15.1. The van der Waals surface area contributed by atoms with Crippen LogP contribution in [-0.4, -0.2) is 27.8 Å². The van der Waals surface area contributed by atoms with Gasteiger partial charge in [0, 0.05) is 24.1 Å². The number of benzene rings is 2. The van der Waals surface area contributed by atoms with E-state index in [-0.39, 0.29) is 12.3 Å².